The normalized spacial score (nSPS) is 23.3. The van der Waals surface area contributed by atoms with Gasteiger partial charge in [-0.2, -0.15) is 0 Å². The summed E-state index contributed by atoms with van der Waals surface area (Å²) in [5.41, 5.74) is 1.33. The van der Waals surface area contributed by atoms with Crippen LogP contribution in [0.1, 0.15) is 18.4 Å². The number of amides is 1. The van der Waals surface area contributed by atoms with Crippen molar-refractivity contribution in [1.29, 1.82) is 0 Å². The Morgan fingerprint density at radius 1 is 1.44 bits per heavy atom. The highest BCUT2D eigenvalue weighted by Gasteiger charge is 2.31. The monoisotopic (exact) mass is 248 g/mol. The van der Waals surface area contributed by atoms with Crippen LogP contribution in [0.2, 0.25) is 0 Å². The van der Waals surface area contributed by atoms with Crippen molar-refractivity contribution in [2.24, 2.45) is 5.92 Å². The van der Waals surface area contributed by atoms with Crippen molar-refractivity contribution in [3.63, 3.8) is 0 Å². The third-order valence-corrected chi connectivity index (χ3v) is 3.82. The lowest BCUT2D eigenvalue weighted by Crippen LogP contribution is -2.39. The van der Waals surface area contributed by atoms with Crippen LogP contribution in [0.15, 0.2) is 18.2 Å². The predicted octanol–water partition coefficient (Wildman–Crippen LogP) is 1.71. The summed E-state index contributed by atoms with van der Waals surface area (Å²) in [5, 5.41) is 3.33. The zero-order valence-corrected chi connectivity index (χ0v) is 10.3. The van der Waals surface area contributed by atoms with Gasteiger partial charge in [0.25, 0.3) is 0 Å². The van der Waals surface area contributed by atoms with E-state index >= 15 is 0 Å². The summed E-state index contributed by atoms with van der Waals surface area (Å²) < 4.78 is 13.9. The number of fused-ring (bicyclic) bond motifs is 1. The fourth-order valence-electron chi connectivity index (χ4n) is 2.92. The van der Waals surface area contributed by atoms with E-state index in [2.05, 4.69) is 5.32 Å². The maximum absolute atomic E-state index is 13.9. The molecule has 1 atom stereocenters. The van der Waals surface area contributed by atoms with E-state index < -0.39 is 0 Å². The van der Waals surface area contributed by atoms with Crippen LogP contribution < -0.4 is 10.2 Å². The first-order valence-corrected chi connectivity index (χ1v) is 6.54. The summed E-state index contributed by atoms with van der Waals surface area (Å²) in [6.45, 7) is 2.61. The molecule has 0 aromatic heterocycles. The fourth-order valence-corrected chi connectivity index (χ4v) is 2.92. The SMILES string of the molecule is O=C1Cc2cccc(F)c2N1CC1CCCNC1. The third-order valence-electron chi connectivity index (χ3n) is 3.82. The number of anilines is 1. The third kappa shape index (κ3) is 2.01. The van der Waals surface area contributed by atoms with Gasteiger partial charge in [-0.25, -0.2) is 4.39 Å². The van der Waals surface area contributed by atoms with Gasteiger partial charge in [-0.05, 0) is 43.5 Å². The molecule has 0 spiro atoms. The van der Waals surface area contributed by atoms with Crippen LogP contribution in [0.4, 0.5) is 10.1 Å². The van der Waals surface area contributed by atoms with Crippen LogP contribution in [0.25, 0.3) is 0 Å². The number of hydrogen-bond acceptors (Lipinski definition) is 2. The van der Waals surface area contributed by atoms with Gasteiger partial charge in [-0.3, -0.25) is 4.79 Å². The van der Waals surface area contributed by atoms with Crippen molar-refractivity contribution in [2.75, 3.05) is 24.5 Å². The molecule has 0 bridgehead atoms. The van der Waals surface area contributed by atoms with E-state index in [1.54, 1.807) is 11.0 Å². The summed E-state index contributed by atoms with van der Waals surface area (Å²) in [5.74, 6) is 0.191. The molecule has 1 saturated heterocycles. The van der Waals surface area contributed by atoms with E-state index in [4.69, 9.17) is 0 Å². The topological polar surface area (TPSA) is 32.3 Å². The van der Waals surface area contributed by atoms with Gasteiger partial charge in [0.1, 0.15) is 5.82 Å². The minimum atomic E-state index is -0.276. The maximum atomic E-state index is 13.9. The number of nitrogens with one attached hydrogen (secondary N) is 1. The maximum Gasteiger partial charge on any atom is 0.231 e. The van der Waals surface area contributed by atoms with Gasteiger partial charge >= 0.3 is 0 Å². The molecule has 2 heterocycles. The molecule has 0 saturated carbocycles. The number of para-hydroxylation sites is 1. The minimum absolute atomic E-state index is 0.0284. The molecule has 2 aliphatic heterocycles. The lowest BCUT2D eigenvalue weighted by Gasteiger charge is -2.28. The lowest BCUT2D eigenvalue weighted by atomic mass is 9.99. The Labute approximate surface area is 106 Å². The van der Waals surface area contributed by atoms with Crippen LogP contribution in [-0.2, 0) is 11.2 Å². The van der Waals surface area contributed by atoms with Crippen molar-refractivity contribution < 1.29 is 9.18 Å². The molecule has 1 amide bonds. The Morgan fingerprint density at radius 3 is 3.11 bits per heavy atom. The number of benzene rings is 1. The first-order valence-electron chi connectivity index (χ1n) is 6.54. The number of piperidine rings is 1. The molecule has 96 valence electrons. The summed E-state index contributed by atoms with van der Waals surface area (Å²) in [4.78, 5) is 13.6. The standard InChI is InChI=1S/C14H17FN2O/c15-12-5-1-4-11-7-13(18)17(14(11)12)9-10-3-2-6-16-8-10/h1,4-5,10,16H,2-3,6-9H2. The molecule has 1 unspecified atom stereocenters. The van der Waals surface area contributed by atoms with Crippen molar-refractivity contribution in [1.82, 2.24) is 5.32 Å². The molecule has 1 fully saturated rings. The van der Waals surface area contributed by atoms with Gasteiger partial charge < -0.3 is 10.2 Å². The second kappa shape index (κ2) is 4.69. The van der Waals surface area contributed by atoms with Gasteiger partial charge in [-0.1, -0.05) is 12.1 Å². The smallest absolute Gasteiger partial charge is 0.231 e. The van der Waals surface area contributed by atoms with E-state index in [1.165, 1.54) is 6.07 Å². The van der Waals surface area contributed by atoms with Crippen LogP contribution in [0.5, 0.6) is 0 Å². The molecule has 3 rings (SSSR count). The van der Waals surface area contributed by atoms with Crippen molar-refractivity contribution in [2.45, 2.75) is 19.3 Å². The molecule has 2 aliphatic rings. The van der Waals surface area contributed by atoms with Gasteiger partial charge in [-0.15, -0.1) is 0 Å². The van der Waals surface area contributed by atoms with Crippen molar-refractivity contribution in [3.05, 3.63) is 29.6 Å². The van der Waals surface area contributed by atoms with E-state index in [0.717, 1.165) is 31.5 Å². The van der Waals surface area contributed by atoms with Crippen LogP contribution in [0, 0.1) is 11.7 Å². The highest BCUT2D eigenvalue weighted by Crippen LogP contribution is 2.32. The molecule has 0 radical (unpaired) electrons. The summed E-state index contributed by atoms with van der Waals surface area (Å²) in [6, 6.07) is 4.95. The average molecular weight is 248 g/mol. The van der Waals surface area contributed by atoms with E-state index in [9.17, 15) is 9.18 Å². The largest absolute Gasteiger partial charge is 0.316 e. The lowest BCUT2D eigenvalue weighted by molar-refractivity contribution is -0.117. The first-order chi connectivity index (χ1) is 8.75. The van der Waals surface area contributed by atoms with Crippen LogP contribution >= 0.6 is 0 Å². The number of carbonyl (C=O) groups is 1. The highest BCUT2D eigenvalue weighted by atomic mass is 19.1. The molecule has 18 heavy (non-hydrogen) atoms. The number of rotatable bonds is 2. The Kier molecular flexibility index (Phi) is 3.04. The molecule has 1 N–H and O–H groups in total. The first kappa shape index (κ1) is 11.7. The second-order valence-electron chi connectivity index (χ2n) is 5.14. The summed E-state index contributed by atoms with van der Waals surface area (Å²) in [7, 11) is 0. The fraction of sp³-hybridized carbons (Fsp3) is 0.500. The molecular weight excluding hydrogens is 231 g/mol. The van der Waals surface area contributed by atoms with Crippen LogP contribution in [0.3, 0.4) is 0 Å². The molecule has 4 heteroatoms. The quantitative estimate of drug-likeness (QED) is 0.864. The molecular formula is C14H17FN2O. The van der Waals surface area contributed by atoms with Gasteiger partial charge in [0.15, 0.2) is 0 Å². The Balaban J connectivity index is 1.82. The Bertz CT molecular complexity index is 469. The predicted molar refractivity (Wildman–Crippen MR) is 68.1 cm³/mol. The van der Waals surface area contributed by atoms with Gasteiger partial charge in [0, 0.05) is 6.54 Å². The zero-order valence-electron chi connectivity index (χ0n) is 10.3. The summed E-state index contributed by atoms with van der Waals surface area (Å²) >= 11 is 0. The van der Waals surface area contributed by atoms with Gasteiger partial charge in [0.2, 0.25) is 5.91 Å². The summed E-state index contributed by atoms with van der Waals surface area (Å²) in [6.07, 6.45) is 2.59. The molecule has 1 aromatic carbocycles. The molecule has 0 aliphatic carbocycles. The van der Waals surface area contributed by atoms with Crippen LogP contribution in [-0.4, -0.2) is 25.5 Å². The zero-order chi connectivity index (χ0) is 12.5. The minimum Gasteiger partial charge on any atom is -0.316 e. The highest BCUT2D eigenvalue weighted by molar-refractivity contribution is 6.01. The number of hydrogen-bond donors (Lipinski definition) is 1. The van der Waals surface area contributed by atoms with Crippen molar-refractivity contribution >= 4 is 11.6 Å². The Morgan fingerprint density at radius 2 is 2.33 bits per heavy atom. The molecule has 3 nitrogen and oxygen atoms in total. The molecule has 1 aromatic rings. The average Bonchev–Trinajstić information content (AvgIpc) is 2.69. The Hall–Kier alpha value is -1.42. The van der Waals surface area contributed by atoms with Gasteiger partial charge in [0.05, 0.1) is 12.1 Å². The van der Waals surface area contributed by atoms with E-state index in [-0.39, 0.29) is 11.7 Å². The second-order valence-corrected chi connectivity index (χ2v) is 5.14. The number of carbonyl (C=O) groups excluding carboxylic acids is 1. The number of nitrogens with zero attached hydrogens (tertiary/aromatic N) is 1. The van der Waals surface area contributed by atoms with E-state index in [0.29, 0.717) is 24.6 Å². The van der Waals surface area contributed by atoms with E-state index in [1.807, 2.05) is 6.07 Å². The number of halogens is 1. The van der Waals surface area contributed by atoms with Crippen molar-refractivity contribution in [3.8, 4) is 0 Å².